The van der Waals surface area contributed by atoms with Crippen LogP contribution >= 0.6 is 11.3 Å². The summed E-state index contributed by atoms with van der Waals surface area (Å²) in [4.78, 5) is 36.3. The summed E-state index contributed by atoms with van der Waals surface area (Å²) in [5.74, 6) is 0.105. The number of benzene rings is 3. The molecule has 0 unspecified atom stereocenters. The second-order valence-corrected chi connectivity index (χ2v) is 10.0. The second kappa shape index (κ2) is 10.2. The molecule has 3 heterocycles. The molecule has 6 rings (SSSR count). The number of H-pyrrole nitrogens is 1. The van der Waals surface area contributed by atoms with Gasteiger partial charge in [-0.2, -0.15) is 0 Å². The van der Waals surface area contributed by atoms with Gasteiger partial charge in [-0.25, -0.2) is 9.79 Å². The maximum atomic E-state index is 14.0. The maximum absolute atomic E-state index is 14.0. The van der Waals surface area contributed by atoms with Crippen LogP contribution in [0.1, 0.15) is 29.7 Å². The largest absolute Gasteiger partial charge is 0.497 e. The Hall–Kier alpha value is -4.69. The summed E-state index contributed by atoms with van der Waals surface area (Å²) in [6.07, 6.45) is 3.77. The molecular weight excluding hydrogens is 510 g/mol. The highest BCUT2D eigenvalue weighted by atomic mass is 32.1. The Bertz CT molecular complexity index is 1910. The molecule has 0 aliphatic carbocycles. The van der Waals surface area contributed by atoms with E-state index in [1.54, 1.807) is 18.6 Å². The number of para-hydroxylation sites is 1. The summed E-state index contributed by atoms with van der Waals surface area (Å²) in [7, 11) is 1.59. The number of hydrogen-bond donors (Lipinski definition) is 1. The van der Waals surface area contributed by atoms with E-state index in [1.165, 1.54) is 11.3 Å². The lowest BCUT2D eigenvalue weighted by atomic mass is 9.93. The van der Waals surface area contributed by atoms with E-state index in [-0.39, 0.29) is 12.2 Å². The predicted molar refractivity (Wildman–Crippen MR) is 152 cm³/mol. The van der Waals surface area contributed by atoms with Crippen molar-refractivity contribution in [2.45, 2.75) is 13.0 Å². The van der Waals surface area contributed by atoms with Gasteiger partial charge >= 0.3 is 5.97 Å². The zero-order valence-electron chi connectivity index (χ0n) is 21.4. The third kappa shape index (κ3) is 4.38. The zero-order chi connectivity index (χ0) is 26.9. The molecule has 2 aromatic heterocycles. The molecule has 0 fully saturated rings. The van der Waals surface area contributed by atoms with Crippen molar-refractivity contribution in [2.75, 3.05) is 13.7 Å². The number of carbonyl (C=O) groups excluding carboxylic acids is 1. The number of esters is 1. The Balaban J connectivity index is 1.66. The van der Waals surface area contributed by atoms with E-state index < -0.39 is 12.0 Å². The van der Waals surface area contributed by atoms with Crippen molar-refractivity contribution in [2.24, 2.45) is 4.99 Å². The van der Waals surface area contributed by atoms with Crippen molar-refractivity contribution in [3.63, 3.8) is 0 Å². The summed E-state index contributed by atoms with van der Waals surface area (Å²) in [5.41, 5.74) is 3.95. The van der Waals surface area contributed by atoms with Crippen molar-refractivity contribution < 1.29 is 14.3 Å². The molecule has 0 bridgehead atoms. The first kappa shape index (κ1) is 24.6. The highest BCUT2D eigenvalue weighted by molar-refractivity contribution is 7.07. The van der Waals surface area contributed by atoms with E-state index >= 15 is 0 Å². The molecule has 194 valence electrons. The Kier molecular flexibility index (Phi) is 6.46. The number of methoxy groups -OCH3 is 1. The quantitative estimate of drug-likeness (QED) is 0.326. The number of aromatic amines is 1. The fraction of sp³-hybridized carbons (Fsp3) is 0.129. The van der Waals surface area contributed by atoms with Crippen LogP contribution in [0, 0.1) is 0 Å². The topological polar surface area (TPSA) is 85.7 Å². The lowest BCUT2D eigenvalue weighted by Gasteiger charge is -2.26. The first-order valence-electron chi connectivity index (χ1n) is 12.6. The van der Waals surface area contributed by atoms with Gasteiger partial charge in [-0.15, -0.1) is 0 Å². The smallest absolute Gasteiger partial charge is 0.338 e. The molecule has 1 aliphatic heterocycles. The van der Waals surface area contributed by atoms with Crippen LogP contribution in [0.25, 0.3) is 22.7 Å². The van der Waals surface area contributed by atoms with E-state index in [0.29, 0.717) is 26.4 Å². The van der Waals surface area contributed by atoms with Gasteiger partial charge in [0.15, 0.2) is 4.80 Å². The number of rotatable bonds is 6. The molecule has 0 spiro atoms. The van der Waals surface area contributed by atoms with Crippen molar-refractivity contribution in [3.05, 3.63) is 127 Å². The lowest BCUT2D eigenvalue weighted by molar-refractivity contribution is -0.138. The molecule has 3 aromatic carbocycles. The minimum absolute atomic E-state index is 0.195. The number of hydrogen-bond acceptors (Lipinski definition) is 6. The maximum Gasteiger partial charge on any atom is 0.338 e. The molecule has 0 amide bonds. The Morgan fingerprint density at radius 1 is 1.08 bits per heavy atom. The van der Waals surface area contributed by atoms with Gasteiger partial charge in [-0.3, -0.25) is 9.36 Å². The second-order valence-electron chi connectivity index (χ2n) is 9.00. The summed E-state index contributed by atoms with van der Waals surface area (Å²) in [6.45, 7) is 1.96. The summed E-state index contributed by atoms with van der Waals surface area (Å²) in [5, 5.41) is 1.02. The van der Waals surface area contributed by atoms with Gasteiger partial charge in [0.25, 0.3) is 5.56 Å². The fourth-order valence-corrected chi connectivity index (χ4v) is 5.91. The standard InChI is InChI=1S/C31H25N3O4S/c1-3-38-30(36)26-27(19-10-5-4-6-11-19)33-31-34(28(26)20-12-9-13-22(16-20)37-2)29(35)25(39-31)17-21-18-32-24-15-8-7-14-23(21)24/h4-18,28,32H,3H2,1-2H3/t28-/m1/s1. The van der Waals surface area contributed by atoms with Crippen molar-refractivity contribution in [3.8, 4) is 5.75 Å². The van der Waals surface area contributed by atoms with E-state index in [1.807, 2.05) is 91.1 Å². The van der Waals surface area contributed by atoms with Crippen LogP contribution in [0.4, 0.5) is 0 Å². The van der Waals surface area contributed by atoms with Gasteiger partial charge < -0.3 is 14.5 Å². The van der Waals surface area contributed by atoms with Crippen LogP contribution in [0.5, 0.6) is 5.75 Å². The Morgan fingerprint density at radius 3 is 2.67 bits per heavy atom. The first-order chi connectivity index (χ1) is 19.1. The molecule has 1 aliphatic rings. The third-order valence-electron chi connectivity index (χ3n) is 6.69. The number of ether oxygens (including phenoxy) is 2. The summed E-state index contributed by atoms with van der Waals surface area (Å²) >= 11 is 1.30. The number of fused-ring (bicyclic) bond motifs is 2. The summed E-state index contributed by atoms with van der Waals surface area (Å²) < 4.78 is 13.1. The minimum Gasteiger partial charge on any atom is -0.497 e. The van der Waals surface area contributed by atoms with Crippen molar-refractivity contribution >= 4 is 40.0 Å². The van der Waals surface area contributed by atoms with Crippen LogP contribution in [0.2, 0.25) is 0 Å². The molecular formula is C31H25N3O4S. The Morgan fingerprint density at radius 2 is 1.87 bits per heavy atom. The van der Waals surface area contributed by atoms with Crippen LogP contribution in [0.15, 0.2) is 100 Å². The van der Waals surface area contributed by atoms with Gasteiger partial charge in [-0.1, -0.05) is 72.0 Å². The van der Waals surface area contributed by atoms with Crippen LogP contribution in [0.3, 0.4) is 0 Å². The molecule has 5 aromatic rings. The molecule has 1 N–H and O–H groups in total. The van der Waals surface area contributed by atoms with Crippen LogP contribution in [-0.4, -0.2) is 29.2 Å². The SMILES string of the molecule is CCOC(=O)C1=C(c2ccccc2)N=c2sc(=Cc3c[nH]c4ccccc34)c(=O)n2[C@@H]1c1cccc(OC)c1. The van der Waals surface area contributed by atoms with Crippen LogP contribution < -0.4 is 19.6 Å². The first-order valence-corrected chi connectivity index (χ1v) is 13.4. The molecule has 8 heteroatoms. The number of aromatic nitrogens is 2. The number of carbonyl (C=O) groups is 1. The van der Waals surface area contributed by atoms with Gasteiger partial charge in [0.05, 0.1) is 35.6 Å². The van der Waals surface area contributed by atoms with Crippen molar-refractivity contribution in [1.29, 1.82) is 0 Å². The average molecular weight is 536 g/mol. The average Bonchev–Trinajstić information content (AvgIpc) is 3.53. The van der Waals surface area contributed by atoms with E-state index in [2.05, 4.69) is 4.98 Å². The van der Waals surface area contributed by atoms with Gasteiger partial charge in [0, 0.05) is 28.2 Å². The minimum atomic E-state index is -0.754. The summed E-state index contributed by atoms with van der Waals surface area (Å²) in [6, 6.07) is 24.1. The fourth-order valence-electron chi connectivity index (χ4n) is 4.92. The van der Waals surface area contributed by atoms with Gasteiger partial charge in [0.1, 0.15) is 5.75 Å². The van der Waals surface area contributed by atoms with Crippen LogP contribution in [-0.2, 0) is 9.53 Å². The molecule has 0 saturated carbocycles. The molecule has 1 atom stereocenters. The predicted octanol–water partition coefficient (Wildman–Crippen LogP) is 4.43. The third-order valence-corrected chi connectivity index (χ3v) is 7.67. The van der Waals surface area contributed by atoms with Gasteiger partial charge in [0.2, 0.25) is 0 Å². The number of thiazole rings is 1. The van der Waals surface area contributed by atoms with E-state index in [9.17, 15) is 9.59 Å². The zero-order valence-corrected chi connectivity index (χ0v) is 22.2. The molecule has 0 radical (unpaired) electrons. The molecule has 0 saturated heterocycles. The lowest BCUT2D eigenvalue weighted by Crippen LogP contribution is -2.40. The molecule has 7 nitrogen and oxygen atoms in total. The Labute approximate surface area is 228 Å². The highest BCUT2D eigenvalue weighted by Gasteiger charge is 2.35. The highest BCUT2D eigenvalue weighted by Crippen LogP contribution is 2.36. The van der Waals surface area contributed by atoms with E-state index in [4.69, 9.17) is 14.5 Å². The van der Waals surface area contributed by atoms with Crippen molar-refractivity contribution in [1.82, 2.24) is 9.55 Å². The number of nitrogens with one attached hydrogen (secondary N) is 1. The monoisotopic (exact) mass is 535 g/mol. The van der Waals surface area contributed by atoms with E-state index in [0.717, 1.165) is 27.6 Å². The number of nitrogens with zero attached hydrogens (tertiary/aromatic N) is 2. The molecule has 39 heavy (non-hydrogen) atoms. The normalized spacial score (nSPS) is 15.2. The van der Waals surface area contributed by atoms with Gasteiger partial charge in [-0.05, 0) is 36.8 Å².